The Labute approximate surface area is 256 Å². The third kappa shape index (κ3) is 3.92. The Kier molecular flexibility index (Phi) is 6.31. The first kappa shape index (κ1) is 27.8. The van der Waals surface area contributed by atoms with Gasteiger partial charge < -0.3 is 5.11 Å². The summed E-state index contributed by atoms with van der Waals surface area (Å²) in [4.78, 5) is 58.5. The Balaban J connectivity index is 1.35. The van der Waals surface area contributed by atoms with Gasteiger partial charge in [0.15, 0.2) is 0 Å². The van der Waals surface area contributed by atoms with E-state index in [1.807, 2.05) is 6.08 Å². The lowest BCUT2D eigenvalue weighted by molar-refractivity contribution is -0.131. The largest absolute Gasteiger partial charge is 0.508 e. The maximum atomic E-state index is 14.4. The standard InChI is InChI=1S/C33H25Cl2FN2O5/c1-33-24(30(41)38(32(33)43)19-8-13-26(36)25(35)14-19)15-23-21(28(33)16-2-9-20(39)10-3-16)11-12-22-27(23)31(42)37(29(22)40)18-6-4-17(34)5-7-18/h2-11,13-14,22-24,27-28,39H,12,15H2,1H3/t22-,23+,24-,27-,28-,33+/m0/s1. The van der Waals surface area contributed by atoms with Crippen molar-refractivity contribution in [2.24, 2.45) is 29.1 Å². The number of halogens is 3. The van der Waals surface area contributed by atoms with Crippen LogP contribution in [0.5, 0.6) is 5.75 Å². The number of nitrogens with zero attached hydrogens (tertiary/aromatic N) is 2. The fourth-order valence-electron chi connectivity index (χ4n) is 7.78. The van der Waals surface area contributed by atoms with E-state index in [-0.39, 0.29) is 34.7 Å². The number of hydrogen-bond donors (Lipinski definition) is 1. The predicted molar refractivity (Wildman–Crippen MR) is 158 cm³/mol. The van der Waals surface area contributed by atoms with Gasteiger partial charge in [-0.1, -0.05) is 47.0 Å². The van der Waals surface area contributed by atoms with Crippen LogP contribution >= 0.6 is 23.2 Å². The minimum absolute atomic E-state index is 0.0436. The number of amides is 4. The minimum atomic E-state index is -1.26. The number of imide groups is 2. The SMILES string of the molecule is C[C@@]12C(=O)N(c3ccc(F)c(Cl)c3)C(=O)[C@@H]1C[C@@H]1C(=CC[C@@H]3C(=O)N(c4ccc(Cl)cc4)C(=O)[C@@H]31)[C@@H]2c1ccc(O)cc1. The molecule has 1 N–H and O–H groups in total. The maximum absolute atomic E-state index is 14.4. The number of carbonyl (C=O) groups is 4. The van der Waals surface area contributed by atoms with E-state index < -0.39 is 52.6 Å². The van der Waals surface area contributed by atoms with Crippen LogP contribution in [-0.4, -0.2) is 28.7 Å². The molecule has 3 aromatic carbocycles. The molecular weight excluding hydrogens is 594 g/mol. The van der Waals surface area contributed by atoms with E-state index in [2.05, 4.69) is 0 Å². The number of anilines is 2. The summed E-state index contributed by atoms with van der Waals surface area (Å²) in [7, 11) is 0. The number of hydrogen-bond acceptors (Lipinski definition) is 5. The lowest BCUT2D eigenvalue weighted by Crippen LogP contribution is -2.48. The Bertz CT molecular complexity index is 1760. The zero-order valence-electron chi connectivity index (χ0n) is 22.8. The van der Waals surface area contributed by atoms with Gasteiger partial charge in [0.05, 0.1) is 39.6 Å². The first-order valence-corrected chi connectivity index (χ1v) is 14.7. The van der Waals surface area contributed by atoms with Crippen molar-refractivity contribution in [3.8, 4) is 5.75 Å². The molecule has 2 aliphatic heterocycles. The molecule has 43 heavy (non-hydrogen) atoms. The second-order valence-electron chi connectivity index (χ2n) is 11.8. The molecule has 0 aromatic heterocycles. The van der Waals surface area contributed by atoms with Crippen molar-refractivity contribution in [2.75, 3.05) is 9.80 Å². The normalized spacial score (nSPS) is 29.9. The van der Waals surface area contributed by atoms with Crippen LogP contribution in [0.2, 0.25) is 10.0 Å². The quantitative estimate of drug-likeness (QED) is 0.276. The van der Waals surface area contributed by atoms with E-state index in [0.717, 1.165) is 16.5 Å². The number of allylic oxidation sites excluding steroid dienone is 2. The molecule has 3 aromatic rings. The van der Waals surface area contributed by atoms with Gasteiger partial charge in [-0.2, -0.15) is 0 Å². The van der Waals surface area contributed by atoms with Gasteiger partial charge in [-0.3, -0.25) is 24.1 Å². The monoisotopic (exact) mass is 618 g/mol. The minimum Gasteiger partial charge on any atom is -0.508 e. The highest BCUT2D eigenvalue weighted by Crippen LogP contribution is 2.63. The van der Waals surface area contributed by atoms with Crippen LogP contribution in [0.4, 0.5) is 15.8 Å². The zero-order chi connectivity index (χ0) is 30.4. The van der Waals surface area contributed by atoms with Gasteiger partial charge >= 0.3 is 0 Å². The van der Waals surface area contributed by atoms with Gasteiger partial charge in [0, 0.05) is 10.9 Å². The van der Waals surface area contributed by atoms with Gasteiger partial charge in [0.2, 0.25) is 23.6 Å². The summed E-state index contributed by atoms with van der Waals surface area (Å²) >= 11 is 12.1. The van der Waals surface area contributed by atoms with Gasteiger partial charge in [-0.25, -0.2) is 9.29 Å². The molecule has 0 bridgehead atoms. The third-order valence-corrected chi connectivity index (χ3v) is 10.3. The van der Waals surface area contributed by atoms with Gasteiger partial charge in [-0.15, -0.1) is 0 Å². The summed E-state index contributed by atoms with van der Waals surface area (Å²) in [5.74, 6) is -5.48. The summed E-state index contributed by atoms with van der Waals surface area (Å²) in [6.45, 7) is 1.76. The number of phenols is 1. The Hall–Kier alpha value is -4.01. The highest BCUT2D eigenvalue weighted by molar-refractivity contribution is 6.32. The molecule has 1 saturated carbocycles. The van der Waals surface area contributed by atoms with E-state index in [0.29, 0.717) is 22.7 Å². The van der Waals surface area contributed by atoms with Gasteiger partial charge in [0.1, 0.15) is 11.6 Å². The lowest BCUT2D eigenvalue weighted by atomic mass is 9.51. The van der Waals surface area contributed by atoms with Crippen molar-refractivity contribution in [1.82, 2.24) is 0 Å². The van der Waals surface area contributed by atoms with Crippen molar-refractivity contribution in [3.63, 3.8) is 0 Å². The second kappa shape index (κ2) is 9.76. The molecule has 2 saturated heterocycles. The Morgan fingerprint density at radius 2 is 1.51 bits per heavy atom. The Morgan fingerprint density at radius 1 is 0.837 bits per heavy atom. The fraction of sp³-hybridized carbons (Fsp3) is 0.273. The smallest absolute Gasteiger partial charge is 0.241 e. The molecule has 2 heterocycles. The van der Waals surface area contributed by atoms with Crippen LogP contribution in [0.1, 0.15) is 31.2 Å². The molecule has 7 rings (SSSR count). The molecule has 3 fully saturated rings. The average Bonchev–Trinajstić information content (AvgIpc) is 3.35. The molecule has 4 aliphatic rings. The number of phenolic OH excluding ortho intramolecular Hbond substituents is 1. The molecular formula is C33H25Cl2FN2O5. The van der Waals surface area contributed by atoms with Crippen molar-refractivity contribution >= 4 is 58.2 Å². The van der Waals surface area contributed by atoms with E-state index in [9.17, 15) is 28.7 Å². The van der Waals surface area contributed by atoms with E-state index >= 15 is 0 Å². The first-order valence-electron chi connectivity index (χ1n) is 14.0. The number of benzene rings is 3. The predicted octanol–water partition coefficient (Wildman–Crippen LogP) is 6.27. The van der Waals surface area contributed by atoms with Gasteiger partial charge in [0.25, 0.3) is 0 Å². The average molecular weight is 619 g/mol. The third-order valence-electron chi connectivity index (χ3n) is 9.75. The summed E-state index contributed by atoms with van der Waals surface area (Å²) in [6.07, 6.45) is 2.44. The highest BCUT2D eigenvalue weighted by Gasteiger charge is 2.67. The van der Waals surface area contributed by atoms with Crippen LogP contribution in [0.3, 0.4) is 0 Å². The molecule has 6 atom stereocenters. The lowest BCUT2D eigenvalue weighted by Gasteiger charge is -2.49. The van der Waals surface area contributed by atoms with Crippen molar-refractivity contribution in [3.05, 3.63) is 99.8 Å². The van der Waals surface area contributed by atoms with Crippen LogP contribution in [0.25, 0.3) is 0 Å². The second-order valence-corrected chi connectivity index (χ2v) is 12.7. The topological polar surface area (TPSA) is 95.0 Å². The molecule has 10 heteroatoms. The maximum Gasteiger partial charge on any atom is 0.241 e. The van der Waals surface area contributed by atoms with Crippen molar-refractivity contribution in [1.29, 1.82) is 0 Å². The Morgan fingerprint density at radius 3 is 2.19 bits per heavy atom. The molecule has 0 spiro atoms. The summed E-state index contributed by atoms with van der Waals surface area (Å²) in [6, 6.07) is 16.7. The number of fused-ring (bicyclic) bond motifs is 4. The summed E-state index contributed by atoms with van der Waals surface area (Å²) in [5.41, 5.74) is 0.858. The summed E-state index contributed by atoms with van der Waals surface area (Å²) < 4.78 is 14.0. The van der Waals surface area contributed by atoms with Crippen molar-refractivity contribution < 1.29 is 28.7 Å². The van der Waals surface area contributed by atoms with Gasteiger partial charge in [-0.05, 0) is 85.8 Å². The molecule has 2 aliphatic carbocycles. The van der Waals surface area contributed by atoms with Crippen LogP contribution in [0, 0.1) is 34.9 Å². The van der Waals surface area contributed by atoms with E-state index in [1.54, 1.807) is 43.3 Å². The van der Waals surface area contributed by atoms with Crippen molar-refractivity contribution in [2.45, 2.75) is 25.7 Å². The molecule has 4 amide bonds. The van der Waals surface area contributed by atoms with Crippen LogP contribution in [-0.2, 0) is 19.2 Å². The van der Waals surface area contributed by atoms with E-state index in [4.69, 9.17) is 23.2 Å². The molecule has 218 valence electrons. The number of rotatable bonds is 3. The molecule has 7 nitrogen and oxygen atoms in total. The fourth-order valence-corrected chi connectivity index (χ4v) is 8.08. The number of carbonyl (C=O) groups excluding carboxylic acids is 4. The zero-order valence-corrected chi connectivity index (χ0v) is 24.3. The first-order chi connectivity index (χ1) is 20.5. The van der Waals surface area contributed by atoms with E-state index in [1.165, 1.54) is 29.2 Å². The number of aromatic hydroxyl groups is 1. The van der Waals surface area contributed by atoms with Crippen LogP contribution < -0.4 is 9.80 Å². The van der Waals surface area contributed by atoms with Crippen LogP contribution in [0.15, 0.2) is 78.4 Å². The highest BCUT2D eigenvalue weighted by atomic mass is 35.5. The molecule has 0 unspecified atom stereocenters. The molecule has 0 radical (unpaired) electrons. The summed E-state index contributed by atoms with van der Waals surface area (Å²) in [5, 5.41) is 10.3.